The molecule has 0 spiro atoms. The number of hydrogen-bond acceptors (Lipinski definition) is 8. The Morgan fingerprint density at radius 1 is 1.26 bits per heavy atom. The van der Waals surface area contributed by atoms with E-state index in [4.69, 9.17) is 4.52 Å². The molecule has 7 nitrogen and oxygen atoms in total. The van der Waals surface area contributed by atoms with Crippen molar-refractivity contribution in [3.05, 3.63) is 17.8 Å². The first-order valence-corrected chi connectivity index (χ1v) is 7.07. The highest BCUT2D eigenvalue weighted by Gasteiger charge is 2.05. The molecule has 0 aliphatic carbocycles. The summed E-state index contributed by atoms with van der Waals surface area (Å²) in [7, 11) is 1.83. The number of thioether (sulfide) groups is 1. The van der Waals surface area contributed by atoms with E-state index in [-0.39, 0.29) is 0 Å². The van der Waals surface area contributed by atoms with Gasteiger partial charge in [-0.1, -0.05) is 16.9 Å². The standard InChI is InChI=1S/C11H16N6OS/c1-7-14-10(18-17-7)4-5-13-9-6-8(12-2)15-11(16-9)19-3/h6H,4-5H2,1-3H3,(H2,12,13,15,16). The van der Waals surface area contributed by atoms with Crippen molar-refractivity contribution in [2.45, 2.75) is 18.5 Å². The molecule has 0 fully saturated rings. The Morgan fingerprint density at radius 2 is 2.05 bits per heavy atom. The molecule has 0 aromatic carbocycles. The van der Waals surface area contributed by atoms with E-state index in [2.05, 4.69) is 30.7 Å². The van der Waals surface area contributed by atoms with Crippen LogP contribution in [0.2, 0.25) is 0 Å². The molecule has 0 aliphatic heterocycles. The molecule has 2 aromatic rings. The molecule has 0 atom stereocenters. The van der Waals surface area contributed by atoms with Gasteiger partial charge >= 0.3 is 0 Å². The van der Waals surface area contributed by atoms with E-state index in [1.165, 1.54) is 11.8 Å². The predicted octanol–water partition coefficient (Wildman–Crippen LogP) is 1.59. The summed E-state index contributed by atoms with van der Waals surface area (Å²) < 4.78 is 5.04. The lowest BCUT2D eigenvalue weighted by Gasteiger charge is -2.07. The van der Waals surface area contributed by atoms with Crippen LogP contribution in [0.3, 0.4) is 0 Å². The van der Waals surface area contributed by atoms with E-state index >= 15 is 0 Å². The number of anilines is 2. The predicted molar refractivity (Wildman–Crippen MR) is 74.6 cm³/mol. The third-order valence-corrected chi connectivity index (χ3v) is 2.91. The fraction of sp³-hybridized carbons (Fsp3) is 0.455. The minimum atomic E-state index is 0.623. The van der Waals surface area contributed by atoms with Crippen molar-refractivity contribution < 1.29 is 4.52 Å². The highest BCUT2D eigenvalue weighted by molar-refractivity contribution is 7.98. The summed E-state index contributed by atoms with van der Waals surface area (Å²) in [4.78, 5) is 12.8. The van der Waals surface area contributed by atoms with Gasteiger partial charge in [-0.15, -0.1) is 0 Å². The average molecular weight is 280 g/mol. The summed E-state index contributed by atoms with van der Waals surface area (Å²) in [5.74, 6) is 2.84. The summed E-state index contributed by atoms with van der Waals surface area (Å²) in [6, 6.07) is 1.86. The highest BCUT2D eigenvalue weighted by Crippen LogP contribution is 2.16. The summed E-state index contributed by atoms with van der Waals surface area (Å²) in [6.07, 6.45) is 2.61. The monoisotopic (exact) mass is 280 g/mol. The molecule has 0 unspecified atom stereocenters. The van der Waals surface area contributed by atoms with Gasteiger partial charge in [0.2, 0.25) is 5.89 Å². The maximum atomic E-state index is 5.04. The fourth-order valence-corrected chi connectivity index (χ4v) is 1.85. The third kappa shape index (κ3) is 3.82. The van der Waals surface area contributed by atoms with Crippen LogP contribution in [0.15, 0.2) is 15.7 Å². The normalized spacial score (nSPS) is 10.5. The molecular formula is C11H16N6OS. The van der Waals surface area contributed by atoms with Crippen LogP contribution in [0.25, 0.3) is 0 Å². The molecule has 0 saturated heterocycles. The molecule has 2 heterocycles. The SMILES string of the molecule is CNc1cc(NCCc2nc(C)no2)nc(SC)n1. The summed E-state index contributed by atoms with van der Waals surface area (Å²) in [5, 5.41) is 10.7. The quantitative estimate of drug-likeness (QED) is 0.609. The molecule has 0 aliphatic rings. The van der Waals surface area contributed by atoms with Crippen LogP contribution in [-0.4, -0.2) is 40.0 Å². The van der Waals surface area contributed by atoms with Gasteiger partial charge in [-0.2, -0.15) is 4.98 Å². The van der Waals surface area contributed by atoms with Gasteiger partial charge in [0.1, 0.15) is 11.6 Å². The number of nitrogens with zero attached hydrogens (tertiary/aromatic N) is 4. The van der Waals surface area contributed by atoms with Crippen molar-refractivity contribution in [2.75, 3.05) is 30.5 Å². The van der Waals surface area contributed by atoms with Crippen molar-refractivity contribution in [3.63, 3.8) is 0 Å². The minimum absolute atomic E-state index is 0.623. The summed E-state index contributed by atoms with van der Waals surface area (Å²) in [5.41, 5.74) is 0. The van der Waals surface area contributed by atoms with Crippen LogP contribution in [0.1, 0.15) is 11.7 Å². The smallest absolute Gasteiger partial charge is 0.228 e. The molecule has 19 heavy (non-hydrogen) atoms. The summed E-state index contributed by atoms with van der Waals surface area (Å²) >= 11 is 1.50. The van der Waals surface area contributed by atoms with E-state index in [0.29, 0.717) is 24.7 Å². The van der Waals surface area contributed by atoms with Gasteiger partial charge in [-0.25, -0.2) is 9.97 Å². The van der Waals surface area contributed by atoms with E-state index in [1.807, 2.05) is 19.4 Å². The second-order valence-corrected chi connectivity index (χ2v) is 4.56. The number of aromatic nitrogens is 4. The zero-order chi connectivity index (χ0) is 13.7. The zero-order valence-corrected chi connectivity index (χ0v) is 11.9. The molecule has 2 N–H and O–H groups in total. The molecule has 0 radical (unpaired) electrons. The van der Waals surface area contributed by atoms with Gasteiger partial charge < -0.3 is 15.2 Å². The van der Waals surface area contributed by atoms with Gasteiger partial charge in [0.25, 0.3) is 0 Å². The van der Waals surface area contributed by atoms with Crippen LogP contribution in [0.4, 0.5) is 11.6 Å². The Bertz CT molecular complexity index is 521. The molecule has 102 valence electrons. The van der Waals surface area contributed by atoms with Crippen LogP contribution in [0, 0.1) is 6.92 Å². The molecule has 8 heteroatoms. The maximum Gasteiger partial charge on any atom is 0.228 e. The lowest BCUT2D eigenvalue weighted by Crippen LogP contribution is -2.08. The Balaban J connectivity index is 1.95. The van der Waals surface area contributed by atoms with Crippen LogP contribution >= 0.6 is 11.8 Å². The zero-order valence-electron chi connectivity index (χ0n) is 11.1. The maximum absolute atomic E-state index is 5.04. The lowest BCUT2D eigenvalue weighted by molar-refractivity contribution is 0.377. The van der Waals surface area contributed by atoms with Crippen molar-refractivity contribution in [2.24, 2.45) is 0 Å². The molecular weight excluding hydrogens is 264 g/mol. The van der Waals surface area contributed by atoms with E-state index in [1.54, 1.807) is 6.92 Å². The summed E-state index contributed by atoms with van der Waals surface area (Å²) in [6.45, 7) is 2.48. The second-order valence-electron chi connectivity index (χ2n) is 3.79. The van der Waals surface area contributed by atoms with E-state index < -0.39 is 0 Å². The molecule has 0 bridgehead atoms. The van der Waals surface area contributed by atoms with Gasteiger partial charge in [0.15, 0.2) is 11.0 Å². The Morgan fingerprint density at radius 3 is 2.68 bits per heavy atom. The molecule has 2 rings (SSSR count). The number of rotatable bonds is 6. The van der Waals surface area contributed by atoms with Crippen LogP contribution in [-0.2, 0) is 6.42 Å². The molecule has 0 amide bonds. The third-order valence-electron chi connectivity index (χ3n) is 2.36. The van der Waals surface area contributed by atoms with Crippen LogP contribution in [0.5, 0.6) is 0 Å². The van der Waals surface area contributed by atoms with Crippen molar-refractivity contribution in [1.82, 2.24) is 20.1 Å². The average Bonchev–Trinajstić information content (AvgIpc) is 2.84. The highest BCUT2D eigenvalue weighted by atomic mass is 32.2. The van der Waals surface area contributed by atoms with Gasteiger partial charge in [0, 0.05) is 26.1 Å². The first-order chi connectivity index (χ1) is 9.21. The fourth-order valence-electron chi connectivity index (χ4n) is 1.47. The topological polar surface area (TPSA) is 88.8 Å². The largest absolute Gasteiger partial charge is 0.373 e. The number of nitrogens with one attached hydrogen (secondary N) is 2. The van der Waals surface area contributed by atoms with Crippen molar-refractivity contribution >= 4 is 23.4 Å². The van der Waals surface area contributed by atoms with Gasteiger partial charge in [0.05, 0.1) is 0 Å². The number of aryl methyl sites for hydroxylation is 1. The van der Waals surface area contributed by atoms with E-state index in [9.17, 15) is 0 Å². The van der Waals surface area contributed by atoms with Gasteiger partial charge in [-0.3, -0.25) is 0 Å². The van der Waals surface area contributed by atoms with E-state index in [0.717, 1.165) is 16.8 Å². The Hall–Kier alpha value is -1.83. The van der Waals surface area contributed by atoms with Gasteiger partial charge in [-0.05, 0) is 13.2 Å². The van der Waals surface area contributed by atoms with Crippen molar-refractivity contribution in [3.8, 4) is 0 Å². The number of hydrogen-bond donors (Lipinski definition) is 2. The Labute approximate surface area is 115 Å². The second kappa shape index (κ2) is 6.37. The molecule has 2 aromatic heterocycles. The Kier molecular flexibility index (Phi) is 4.56. The van der Waals surface area contributed by atoms with Crippen molar-refractivity contribution in [1.29, 1.82) is 0 Å². The molecule has 0 saturated carbocycles. The minimum Gasteiger partial charge on any atom is -0.373 e. The lowest BCUT2D eigenvalue weighted by atomic mass is 10.4. The first-order valence-electron chi connectivity index (χ1n) is 5.85. The van der Waals surface area contributed by atoms with Crippen LogP contribution < -0.4 is 10.6 Å². The first kappa shape index (κ1) is 13.6.